The predicted octanol–water partition coefficient (Wildman–Crippen LogP) is 2.17. The molecule has 142 valence electrons. The van der Waals surface area contributed by atoms with Crippen molar-refractivity contribution in [2.24, 2.45) is 0 Å². The summed E-state index contributed by atoms with van der Waals surface area (Å²) in [6.45, 7) is 4.21. The molecule has 1 aliphatic carbocycles. The number of hydrogen-bond donors (Lipinski definition) is 1. The van der Waals surface area contributed by atoms with Gasteiger partial charge in [0.1, 0.15) is 6.10 Å². The molecule has 3 atom stereocenters. The van der Waals surface area contributed by atoms with Crippen molar-refractivity contribution >= 4 is 0 Å². The van der Waals surface area contributed by atoms with E-state index in [4.69, 9.17) is 9.47 Å². The summed E-state index contributed by atoms with van der Waals surface area (Å²) >= 11 is 0. The molecule has 0 unspecified atom stereocenters. The van der Waals surface area contributed by atoms with Crippen LogP contribution in [-0.4, -0.2) is 68.0 Å². The summed E-state index contributed by atoms with van der Waals surface area (Å²) in [5.74, 6) is 1.70. The second-order valence-electron chi connectivity index (χ2n) is 8.12. The molecule has 0 saturated heterocycles. The normalized spacial score (nSPS) is 29.9. The van der Waals surface area contributed by atoms with Crippen molar-refractivity contribution in [1.29, 1.82) is 0 Å². The van der Waals surface area contributed by atoms with E-state index in [2.05, 4.69) is 36.0 Å². The first kappa shape index (κ1) is 17.8. The van der Waals surface area contributed by atoms with Crippen molar-refractivity contribution < 1.29 is 14.6 Å². The van der Waals surface area contributed by atoms with Gasteiger partial charge in [0.2, 0.25) is 0 Å². The van der Waals surface area contributed by atoms with Gasteiger partial charge < -0.3 is 19.5 Å². The number of nitrogens with zero attached hydrogens (tertiary/aromatic N) is 2. The summed E-state index contributed by atoms with van der Waals surface area (Å²) in [5, 5.41) is 10.1. The summed E-state index contributed by atoms with van der Waals surface area (Å²) in [4.78, 5) is 4.81. The highest BCUT2D eigenvalue weighted by molar-refractivity contribution is 5.60. The van der Waals surface area contributed by atoms with Crippen LogP contribution in [0.4, 0.5) is 0 Å². The molecular weight excluding hydrogens is 328 g/mol. The van der Waals surface area contributed by atoms with E-state index < -0.39 is 6.10 Å². The molecular formula is C21H30N2O3. The Morgan fingerprint density at radius 1 is 1.38 bits per heavy atom. The van der Waals surface area contributed by atoms with Gasteiger partial charge in [-0.05, 0) is 58.2 Å². The van der Waals surface area contributed by atoms with Crippen LogP contribution >= 0.6 is 0 Å². The maximum absolute atomic E-state index is 10.1. The fourth-order valence-electron chi connectivity index (χ4n) is 4.80. The number of ether oxygens (including phenoxy) is 2. The molecule has 0 aromatic heterocycles. The molecule has 1 spiro atoms. The Morgan fingerprint density at radius 3 is 3.00 bits per heavy atom. The lowest BCUT2D eigenvalue weighted by atomic mass is 9.69. The van der Waals surface area contributed by atoms with Crippen molar-refractivity contribution in [1.82, 2.24) is 9.80 Å². The van der Waals surface area contributed by atoms with Crippen LogP contribution in [0.25, 0.3) is 0 Å². The van der Waals surface area contributed by atoms with E-state index in [1.165, 1.54) is 17.5 Å². The van der Waals surface area contributed by atoms with Gasteiger partial charge in [0, 0.05) is 18.5 Å². The number of hydrogen-bond acceptors (Lipinski definition) is 5. The van der Waals surface area contributed by atoms with Crippen LogP contribution in [-0.2, 0) is 12.0 Å². The minimum Gasteiger partial charge on any atom is -0.493 e. The number of aliphatic hydroxyl groups excluding tert-OH is 1. The van der Waals surface area contributed by atoms with Crippen LogP contribution in [0.5, 0.6) is 11.5 Å². The highest BCUT2D eigenvalue weighted by Crippen LogP contribution is 2.55. The molecule has 3 aliphatic rings. The molecule has 0 bridgehead atoms. The summed E-state index contributed by atoms with van der Waals surface area (Å²) < 4.78 is 11.9. The second kappa shape index (κ2) is 6.87. The zero-order valence-electron chi connectivity index (χ0n) is 16.1. The molecule has 4 rings (SSSR count). The van der Waals surface area contributed by atoms with Crippen LogP contribution in [0.1, 0.15) is 30.4 Å². The third-order valence-corrected chi connectivity index (χ3v) is 6.11. The fourth-order valence-corrected chi connectivity index (χ4v) is 4.80. The van der Waals surface area contributed by atoms with Crippen LogP contribution in [0.15, 0.2) is 24.3 Å². The monoisotopic (exact) mass is 358 g/mol. The highest BCUT2D eigenvalue weighted by atomic mass is 16.5. The lowest BCUT2D eigenvalue weighted by Gasteiger charge is -2.36. The minimum absolute atomic E-state index is 0.00530. The molecule has 0 radical (unpaired) electrons. The molecule has 1 N–H and O–H groups in total. The van der Waals surface area contributed by atoms with Crippen molar-refractivity contribution in [3.8, 4) is 11.5 Å². The average molecular weight is 358 g/mol. The van der Waals surface area contributed by atoms with Gasteiger partial charge in [-0.3, -0.25) is 4.90 Å². The lowest BCUT2D eigenvalue weighted by Crippen LogP contribution is -2.43. The number of methoxy groups -OCH3 is 1. The largest absolute Gasteiger partial charge is 0.493 e. The van der Waals surface area contributed by atoms with Crippen LogP contribution in [0.2, 0.25) is 0 Å². The summed E-state index contributed by atoms with van der Waals surface area (Å²) in [6, 6.07) is 4.23. The van der Waals surface area contributed by atoms with E-state index in [1.54, 1.807) is 7.11 Å². The van der Waals surface area contributed by atoms with Crippen molar-refractivity contribution in [3.05, 3.63) is 35.4 Å². The molecule has 1 aromatic carbocycles. The molecule has 2 aliphatic heterocycles. The van der Waals surface area contributed by atoms with Gasteiger partial charge in [0.15, 0.2) is 11.5 Å². The summed E-state index contributed by atoms with van der Waals surface area (Å²) in [7, 11) is 5.96. The SMILES string of the molecule is COc1ccc2c3c1O[C@H]1C[C@@H](O)C=C[C@]31CCN(CCCN(C)C)C2. The lowest BCUT2D eigenvalue weighted by molar-refractivity contribution is 0.0808. The zero-order chi connectivity index (χ0) is 18.3. The van der Waals surface area contributed by atoms with E-state index in [0.29, 0.717) is 6.42 Å². The van der Waals surface area contributed by atoms with Gasteiger partial charge in [-0.1, -0.05) is 18.2 Å². The molecule has 0 saturated carbocycles. The van der Waals surface area contributed by atoms with Gasteiger partial charge >= 0.3 is 0 Å². The Labute approximate surface area is 156 Å². The molecule has 0 amide bonds. The van der Waals surface area contributed by atoms with E-state index >= 15 is 0 Å². The van der Waals surface area contributed by atoms with Gasteiger partial charge in [-0.15, -0.1) is 0 Å². The Balaban J connectivity index is 1.69. The van der Waals surface area contributed by atoms with Crippen molar-refractivity contribution in [2.75, 3.05) is 40.8 Å². The highest BCUT2D eigenvalue weighted by Gasteiger charge is 2.52. The maximum Gasteiger partial charge on any atom is 0.166 e. The summed E-state index contributed by atoms with van der Waals surface area (Å²) in [5.41, 5.74) is 2.50. The van der Waals surface area contributed by atoms with Gasteiger partial charge in [0.25, 0.3) is 0 Å². The molecule has 0 fully saturated rings. The third-order valence-electron chi connectivity index (χ3n) is 6.11. The first-order chi connectivity index (χ1) is 12.5. The Hall–Kier alpha value is -1.56. The topological polar surface area (TPSA) is 45.2 Å². The third kappa shape index (κ3) is 2.92. The first-order valence-corrected chi connectivity index (χ1v) is 9.65. The van der Waals surface area contributed by atoms with Crippen molar-refractivity contribution in [3.63, 3.8) is 0 Å². The standard InChI is InChI=1S/C21H30N2O3/c1-22(2)10-4-11-23-12-9-21-8-7-16(24)13-18(21)26-20-17(25-3)6-5-15(14-23)19(20)21/h5-8,16,18,24H,4,9-14H2,1-3H3/t16-,18-,21+/m0/s1. The smallest absolute Gasteiger partial charge is 0.166 e. The van der Waals surface area contributed by atoms with E-state index in [9.17, 15) is 5.11 Å². The van der Waals surface area contributed by atoms with E-state index in [0.717, 1.165) is 44.1 Å². The van der Waals surface area contributed by atoms with Crippen LogP contribution in [0, 0.1) is 0 Å². The van der Waals surface area contributed by atoms with Crippen molar-refractivity contribution in [2.45, 2.75) is 43.4 Å². The number of aliphatic hydroxyl groups is 1. The fraction of sp³-hybridized carbons (Fsp3) is 0.619. The van der Waals surface area contributed by atoms with Gasteiger partial charge in [-0.2, -0.15) is 0 Å². The number of benzene rings is 1. The van der Waals surface area contributed by atoms with Crippen LogP contribution in [0.3, 0.4) is 0 Å². The quantitative estimate of drug-likeness (QED) is 0.818. The predicted molar refractivity (Wildman–Crippen MR) is 102 cm³/mol. The maximum atomic E-state index is 10.1. The Morgan fingerprint density at radius 2 is 2.23 bits per heavy atom. The van der Waals surface area contributed by atoms with E-state index in [-0.39, 0.29) is 11.5 Å². The number of rotatable bonds is 5. The van der Waals surface area contributed by atoms with Gasteiger partial charge in [0.05, 0.1) is 18.6 Å². The van der Waals surface area contributed by atoms with Gasteiger partial charge in [-0.25, -0.2) is 0 Å². The van der Waals surface area contributed by atoms with E-state index in [1.807, 2.05) is 12.1 Å². The average Bonchev–Trinajstić information content (AvgIpc) is 2.85. The molecule has 5 nitrogen and oxygen atoms in total. The molecule has 5 heteroatoms. The Bertz CT molecular complexity index is 703. The van der Waals surface area contributed by atoms with Crippen LogP contribution < -0.4 is 9.47 Å². The molecule has 1 aromatic rings. The first-order valence-electron chi connectivity index (χ1n) is 9.65. The molecule has 26 heavy (non-hydrogen) atoms. The minimum atomic E-state index is -0.422. The Kier molecular flexibility index (Phi) is 4.71. The zero-order valence-corrected chi connectivity index (χ0v) is 16.1. The molecule has 2 heterocycles. The second-order valence-corrected chi connectivity index (χ2v) is 8.12. The summed E-state index contributed by atoms with van der Waals surface area (Å²) in [6.07, 6.45) is 6.59.